The minimum absolute atomic E-state index is 0.565. The third kappa shape index (κ3) is 1.58. The standard InChI is InChI=1S/C10H20B2/c1-10(11,12)6-9-7-2-3-8(9)5-4-7/h7-9H,2-6,11-12H2,1H3. The molecule has 2 fully saturated rings. The van der Waals surface area contributed by atoms with Gasteiger partial charge in [0.25, 0.3) is 0 Å². The summed E-state index contributed by atoms with van der Waals surface area (Å²) < 4.78 is 0. The molecule has 0 heterocycles. The summed E-state index contributed by atoms with van der Waals surface area (Å²) in [6.07, 6.45) is 7.66. The largest absolute Gasteiger partial charge is 0.0988 e. The average molecular weight is 162 g/mol. The van der Waals surface area contributed by atoms with Crippen LogP contribution in [-0.2, 0) is 0 Å². The highest BCUT2D eigenvalue weighted by molar-refractivity contribution is 6.39. The topological polar surface area (TPSA) is 0 Å². The molecular formula is C10H20B2. The molecule has 0 radical (unpaired) electrons. The van der Waals surface area contributed by atoms with Crippen LogP contribution in [0.5, 0.6) is 0 Å². The first-order valence-corrected chi connectivity index (χ1v) is 5.56. The lowest BCUT2D eigenvalue weighted by atomic mass is 9.52. The van der Waals surface area contributed by atoms with Crippen molar-refractivity contribution < 1.29 is 0 Å². The van der Waals surface area contributed by atoms with Crippen molar-refractivity contribution >= 4 is 15.7 Å². The molecule has 0 N–H and O–H groups in total. The van der Waals surface area contributed by atoms with Crippen molar-refractivity contribution in [2.45, 2.75) is 44.2 Å². The van der Waals surface area contributed by atoms with Gasteiger partial charge in [0.2, 0.25) is 0 Å². The van der Waals surface area contributed by atoms with E-state index in [2.05, 4.69) is 22.6 Å². The zero-order valence-electron chi connectivity index (χ0n) is 8.77. The van der Waals surface area contributed by atoms with Crippen LogP contribution in [-0.4, -0.2) is 15.7 Å². The smallest absolute Gasteiger partial charge is 0.0869 e. The molecule has 0 saturated heterocycles. The Kier molecular flexibility index (Phi) is 2.05. The minimum atomic E-state index is 0.565. The highest BCUT2D eigenvalue weighted by Crippen LogP contribution is 2.53. The summed E-state index contributed by atoms with van der Waals surface area (Å²) in [6.45, 7) is 2.39. The van der Waals surface area contributed by atoms with Gasteiger partial charge in [-0.25, -0.2) is 0 Å². The molecule has 0 amide bonds. The molecule has 2 heteroatoms. The first kappa shape index (κ1) is 8.72. The fourth-order valence-corrected chi connectivity index (χ4v) is 3.43. The Morgan fingerprint density at radius 2 is 1.50 bits per heavy atom. The molecule has 0 aromatic rings. The van der Waals surface area contributed by atoms with Gasteiger partial charge in [-0.1, -0.05) is 18.6 Å². The molecule has 66 valence electrons. The molecule has 2 aliphatic rings. The molecule has 0 aromatic heterocycles. The summed E-state index contributed by atoms with van der Waals surface area (Å²) in [6, 6.07) is 0. The van der Waals surface area contributed by atoms with Gasteiger partial charge in [0.05, 0.1) is 15.7 Å². The van der Waals surface area contributed by atoms with Crippen molar-refractivity contribution in [2.24, 2.45) is 17.8 Å². The first-order chi connectivity index (χ1) is 5.56. The zero-order chi connectivity index (χ0) is 8.77. The first-order valence-electron chi connectivity index (χ1n) is 5.56. The van der Waals surface area contributed by atoms with Crippen LogP contribution in [0.1, 0.15) is 39.0 Å². The SMILES string of the molecule is BC(B)(C)CC1C2CCC1CC2. The Morgan fingerprint density at radius 1 is 1.08 bits per heavy atom. The second-order valence-electron chi connectivity index (χ2n) is 6.10. The van der Waals surface area contributed by atoms with Crippen LogP contribution in [0.25, 0.3) is 0 Å². The highest BCUT2D eigenvalue weighted by atomic mass is 14.5. The van der Waals surface area contributed by atoms with Gasteiger partial charge >= 0.3 is 0 Å². The lowest BCUT2D eigenvalue weighted by molar-refractivity contribution is 0.362. The van der Waals surface area contributed by atoms with E-state index in [-0.39, 0.29) is 0 Å². The maximum absolute atomic E-state index is 2.39. The predicted octanol–water partition coefficient (Wildman–Crippen LogP) is 1.22. The fraction of sp³-hybridized carbons (Fsp3) is 1.00. The van der Waals surface area contributed by atoms with Gasteiger partial charge in [-0.3, -0.25) is 0 Å². The Morgan fingerprint density at radius 3 is 1.83 bits per heavy atom. The van der Waals surface area contributed by atoms with Gasteiger partial charge < -0.3 is 0 Å². The Balaban J connectivity index is 1.97. The quantitative estimate of drug-likeness (QED) is 0.535. The van der Waals surface area contributed by atoms with Crippen LogP contribution in [0.2, 0.25) is 5.21 Å². The average Bonchev–Trinajstić information content (AvgIpc) is 2.46. The van der Waals surface area contributed by atoms with Crippen LogP contribution in [0.15, 0.2) is 0 Å². The summed E-state index contributed by atoms with van der Waals surface area (Å²) >= 11 is 0. The van der Waals surface area contributed by atoms with Gasteiger partial charge in [-0.05, 0) is 43.4 Å². The lowest BCUT2D eigenvalue weighted by Crippen LogP contribution is -2.17. The van der Waals surface area contributed by atoms with E-state index in [1.165, 1.54) is 6.42 Å². The number of fused-ring (bicyclic) bond motifs is 2. The van der Waals surface area contributed by atoms with Crippen LogP contribution >= 0.6 is 0 Å². The van der Waals surface area contributed by atoms with E-state index >= 15 is 0 Å². The molecule has 0 atom stereocenters. The highest BCUT2D eigenvalue weighted by Gasteiger charge is 2.42. The Bertz CT molecular complexity index is 151. The molecule has 2 saturated carbocycles. The van der Waals surface area contributed by atoms with Crippen molar-refractivity contribution in [1.29, 1.82) is 0 Å². The van der Waals surface area contributed by atoms with Gasteiger partial charge in [-0.2, -0.15) is 0 Å². The van der Waals surface area contributed by atoms with Crippen molar-refractivity contribution in [3.63, 3.8) is 0 Å². The normalized spacial score (nSPS) is 40.6. The summed E-state index contributed by atoms with van der Waals surface area (Å²) in [7, 11) is 4.79. The number of hydrogen-bond acceptors (Lipinski definition) is 0. The molecule has 12 heavy (non-hydrogen) atoms. The van der Waals surface area contributed by atoms with Crippen LogP contribution in [0, 0.1) is 17.8 Å². The molecule has 2 aliphatic carbocycles. The van der Waals surface area contributed by atoms with Crippen molar-refractivity contribution in [3.05, 3.63) is 0 Å². The molecule has 0 aromatic carbocycles. The van der Waals surface area contributed by atoms with Gasteiger partial charge in [-0.15, -0.1) is 0 Å². The Hall–Kier alpha value is 0.130. The third-order valence-electron chi connectivity index (χ3n) is 3.88. The van der Waals surface area contributed by atoms with Gasteiger partial charge in [0.1, 0.15) is 0 Å². The van der Waals surface area contributed by atoms with Crippen LogP contribution < -0.4 is 0 Å². The maximum atomic E-state index is 2.39. The molecule has 0 aliphatic heterocycles. The fourth-order valence-electron chi connectivity index (χ4n) is 3.43. The number of rotatable bonds is 2. The summed E-state index contributed by atoms with van der Waals surface area (Å²) in [5.74, 6) is 3.34. The molecular weight excluding hydrogens is 142 g/mol. The molecule has 0 nitrogen and oxygen atoms in total. The summed E-state index contributed by atoms with van der Waals surface area (Å²) in [5.41, 5.74) is 0. The van der Waals surface area contributed by atoms with E-state index in [0.29, 0.717) is 5.21 Å². The van der Waals surface area contributed by atoms with Crippen molar-refractivity contribution in [3.8, 4) is 0 Å². The van der Waals surface area contributed by atoms with Gasteiger partial charge in [0, 0.05) is 0 Å². The van der Waals surface area contributed by atoms with Crippen molar-refractivity contribution in [1.82, 2.24) is 0 Å². The van der Waals surface area contributed by atoms with E-state index in [4.69, 9.17) is 0 Å². The van der Waals surface area contributed by atoms with Crippen LogP contribution in [0.4, 0.5) is 0 Å². The molecule has 2 bridgehead atoms. The molecule has 0 unspecified atom stereocenters. The lowest BCUT2D eigenvalue weighted by Gasteiger charge is -2.25. The maximum Gasteiger partial charge on any atom is 0.0988 e. The van der Waals surface area contributed by atoms with E-state index in [1.807, 2.05) is 0 Å². The van der Waals surface area contributed by atoms with Gasteiger partial charge in [0.15, 0.2) is 0 Å². The summed E-state index contributed by atoms with van der Waals surface area (Å²) in [4.78, 5) is 0. The molecule has 2 rings (SSSR count). The second-order valence-corrected chi connectivity index (χ2v) is 6.10. The van der Waals surface area contributed by atoms with E-state index in [9.17, 15) is 0 Å². The predicted molar refractivity (Wildman–Crippen MR) is 59.0 cm³/mol. The van der Waals surface area contributed by atoms with E-state index in [0.717, 1.165) is 17.8 Å². The van der Waals surface area contributed by atoms with Crippen LogP contribution in [0.3, 0.4) is 0 Å². The van der Waals surface area contributed by atoms with Crippen molar-refractivity contribution in [2.75, 3.05) is 0 Å². The van der Waals surface area contributed by atoms with E-state index < -0.39 is 0 Å². The Labute approximate surface area is 78.3 Å². The minimum Gasteiger partial charge on any atom is -0.0869 e. The number of hydrogen-bond donors (Lipinski definition) is 0. The zero-order valence-corrected chi connectivity index (χ0v) is 8.77. The third-order valence-corrected chi connectivity index (χ3v) is 3.88. The second kappa shape index (κ2) is 2.82. The van der Waals surface area contributed by atoms with E-state index in [1.54, 1.807) is 25.7 Å². The molecule has 0 spiro atoms. The summed E-state index contributed by atoms with van der Waals surface area (Å²) in [5, 5.41) is 0.565. The monoisotopic (exact) mass is 162 g/mol.